The number of carbonyl (C=O) groups is 2. The van der Waals surface area contributed by atoms with Gasteiger partial charge in [0.05, 0.1) is 5.92 Å². The van der Waals surface area contributed by atoms with Crippen molar-refractivity contribution in [2.75, 3.05) is 16.8 Å². The molecule has 1 heterocycles. The minimum atomic E-state index is -0.322. The van der Waals surface area contributed by atoms with Gasteiger partial charge < -0.3 is 10.2 Å². The van der Waals surface area contributed by atoms with Gasteiger partial charge in [0, 0.05) is 24.3 Å². The van der Waals surface area contributed by atoms with Crippen LogP contribution in [0.25, 0.3) is 0 Å². The molecule has 1 fully saturated rings. The van der Waals surface area contributed by atoms with Gasteiger partial charge >= 0.3 is 0 Å². The van der Waals surface area contributed by atoms with Crippen LogP contribution in [0.2, 0.25) is 0 Å². The fourth-order valence-electron chi connectivity index (χ4n) is 3.42. The molecule has 1 N–H and O–H groups in total. The average Bonchev–Trinajstić information content (AvgIpc) is 3.10. The molecule has 142 valence electrons. The molecule has 3 rings (SSSR count). The van der Waals surface area contributed by atoms with Crippen LogP contribution in [0.5, 0.6) is 0 Å². The molecule has 4 heteroatoms. The molecule has 0 radical (unpaired) electrons. The Morgan fingerprint density at radius 1 is 1.11 bits per heavy atom. The summed E-state index contributed by atoms with van der Waals surface area (Å²) in [6.07, 6.45) is 2.31. The minimum absolute atomic E-state index is 0.00603. The van der Waals surface area contributed by atoms with Gasteiger partial charge in [-0.1, -0.05) is 45.0 Å². The quantitative estimate of drug-likeness (QED) is 0.804. The minimum Gasteiger partial charge on any atom is -0.326 e. The number of rotatable bonds is 6. The van der Waals surface area contributed by atoms with Crippen molar-refractivity contribution < 1.29 is 9.59 Å². The van der Waals surface area contributed by atoms with Crippen LogP contribution in [-0.2, 0) is 16.0 Å². The molecule has 2 atom stereocenters. The van der Waals surface area contributed by atoms with Gasteiger partial charge in [-0.15, -0.1) is 0 Å². The number of nitrogens with one attached hydrogen (secondary N) is 1. The molecule has 1 aliphatic heterocycles. The van der Waals surface area contributed by atoms with Crippen molar-refractivity contribution in [2.24, 2.45) is 5.92 Å². The number of hydrogen-bond acceptors (Lipinski definition) is 2. The maximum absolute atomic E-state index is 12.6. The highest BCUT2D eigenvalue weighted by atomic mass is 16.2. The van der Waals surface area contributed by atoms with Crippen LogP contribution in [0.4, 0.5) is 11.4 Å². The Hall–Kier alpha value is -2.62. The Bertz CT molecular complexity index is 796. The number of nitrogens with zero attached hydrogens (tertiary/aromatic N) is 1. The Morgan fingerprint density at radius 3 is 2.37 bits per heavy atom. The molecule has 0 saturated carbocycles. The predicted molar refractivity (Wildman–Crippen MR) is 110 cm³/mol. The fraction of sp³-hybridized carbons (Fsp3) is 0.391. The lowest BCUT2D eigenvalue weighted by atomic mass is 9.98. The summed E-state index contributed by atoms with van der Waals surface area (Å²) >= 11 is 0. The smallest absolute Gasteiger partial charge is 0.229 e. The lowest BCUT2D eigenvalue weighted by Crippen LogP contribution is -2.28. The summed E-state index contributed by atoms with van der Waals surface area (Å²) in [5.41, 5.74) is 4.16. The van der Waals surface area contributed by atoms with E-state index in [9.17, 15) is 9.59 Å². The fourth-order valence-corrected chi connectivity index (χ4v) is 3.42. The van der Waals surface area contributed by atoms with Gasteiger partial charge in [0.2, 0.25) is 11.8 Å². The van der Waals surface area contributed by atoms with Crippen LogP contribution in [0, 0.1) is 5.92 Å². The first-order valence-corrected chi connectivity index (χ1v) is 9.82. The zero-order chi connectivity index (χ0) is 19.4. The van der Waals surface area contributed by atoms with E-state index < -0.39 is 0 Å². The highest BCUT2D eigenvalue weighted by molar-refractivity contribution is 6.03. The van der Waals surface area contributed by atoms with E-state index in [4.69, 9.17) is 0 Å². The normalized spacial score (nSPS) is 17.8. The van der Waals surface area contributed by atoms with Gasteiger partial charge in [-0.25, -0.2) is 0 Å². The molecule has 4 nitrogen and oxygen atoms in total. The first kappa shape index (κ1) is 19.2. The second-order valence-electron chi connectivity index (χ2n) is 7.35. The van der Waals surface area contributed by atoms with Gasteiger partial charge in [0.15, 0.2) is 0 Å². The first-order valence-electron chi connectivity index (χ1n) is 9.82. The van der Waals surface area contributed by atoms with E-state index in [0.29, 0.717) is 12.5 Å². The molecule has 1 aliphatic rings. The second-order valence-corrected chi connectivity index (χ2v) is 7.35. The summed E-state index contributed by atoms with van der Waals surface area (Å²) in [5.74, 6) is 0.103. The van der Waals surface area contributed by atoms with E-state index in [0.717, 1.165) is 24.2 Å². The first-order chi connectivity index (χ1) is 13.0. The second kappa shape index (κ2) is 8.38. The van der Waals surface area contributed by atoms with E-state index in [2.05, 4.69) is 38.2 Å². The van der Waals surface area contributed by atoms with Crippen LogP contribution < -0.4 is 10.2 Å². The summed E-state index contributed by atoms with van der Waals surface area (Å²) < 4.78 is 0. The van der Waals surface area contributed by atoms with Crippen molar-refractivity contribution in [1.82, 2.24) is 0 Å². The molecule has 2 amide bonds. The molecule has 2 aromatic rings. The Kier molecular flexibility index (Phi) is 5.94. The lowest BCUT2D eigenvalue weighted by Gasteiger charge is -2.17. The molecular formula is C23H28N2O2. The highest BCUT2D eigenvalue weighted by Crippen LogP contribution is 2.27. The molecule has 2 aromatic carbocycles. The Balaban J connectivity index is 1.63. The van der Waals surface area contributed by atoms with E-state index in [1.54, 1.807) is 4.90 Å². The number of carbonyl (C=O) groups excluding carboxylic acids is 2. The van der Waals surface area contributed by atoms with E-state index in [1.807, 2.05) is 36.4 Å². The summed E-state index contributed by atoms with van der Waals surface area (Å²) in [6.45, 7) is 6.89. The largest absolute Gasteiger partial charge is 0.326 e. The van der Waals surface area contributed by atoms with Crippen LogP contribution in [0.3, 0.4) is 0 Å². The van der Waals surface area contributed by atoms with Crippen molar-refractivity contribution in [3.8, 4) is 0 Å². The molecule has 0 bridgehead atoms. The van der Waals surface area contributed by atoms with Crippen LogP contribution in [0.1, 0.15) is 50.7 Å². The van der Waals surface area contributed by atoms with Gasteiger partial charge in [-0.3, -0.25) is 9.59 Å². The zero-order valence-electron chi connectivity index (χ0n) is 16.4. The highest BCUT2D eigenvalue weighted by Gasteiger charge is 2.35. The van der Waals surface area contributed by atoms with Gasteiger partial charge in [-0.2, -0.15) is 0 Å². The SMILES string of the molecule is CCc1ccc(N2C[C@@H](C(=O)Nc3ccc([C@H](C)CC)cc3)CC2=O)cc1. The van der Waals surface area contributed by atoms with Crippen molar-refractivity contribution in [3.05, 3.63) is 59.7 Å². The average molecular weight is 364 g/mol. The van der Waals surface area contributed by atoms with Gasteiger partial charge in [0.25, 0.3) is 0 Å². The van der Waals surface area contributed by atoms with Gasteiger partial charge in [0.1, 0.15) is 0 Å². The predicted octanol–water partition coefficient (Wildman–Crippen LogP) is 4.75. The Morgan fingerprint density at radius 2 is 1.78 bits per heavy atom. The zero-order valence-corrected chi connectivity index (χ0v) is 16.4. The molecule has 0 aromatic heterocycles. The number of anilines is 2. The molecule has 27 heavy (non-hydrogen) atoms. The lowest BCUT2D eigenvalue weighted by molar-refractivity contribution is -0.122. The monoisotopic (exact) mass is 364 g/mol. The summed E-state index contributed by atoms with van der Waals surface area (Å²) in [7, 11) is 0. The summed E-state index contributed by atoms with van der Waals surface area (Å²) in [5, 5.41) is 2.96. The van der Waals surface area contributed by atoms with Crippen LogP contribution in [-0.4, -0.2) is 18.4 Å². The third-order valence-electron chi connectivity index (χ3n) is 5.51. The van der Waals surface area contributed by atoms with Crippen molar-refractivity contribution >= 4 is 23.2 Å². The number of amides is 2. The summed E-state index contributed by atoms with van der Waals surface area (Å²) in [4.78, 5) is 26.7. The van der Waals surface area contributed by atoms with Gasteiger partial charge in [-0.05, 0) is 54.2 Å². The topological polar surface area (TPSA) is 49.4 Å². The van der Waals surface area contributed by atoms with E-state index in [1.165, 1.54) is 11.1 Å². The third-order valence-corrected chi connectivity index (χ3v) is 5.51. The van der Waals surface area contributed by atoms with Crippen molar-refractivity contribution in [1.29, 1.82) is 0 Å². The van der Waals surface area contributed by atoms with Crippen molar-refractivity contribution in [3.63, 3.8) is 0 Å². The maximum atomic E-state index is 12.6. The maximum Gasteiger partial charge on any atom is 0.229 e. The number of benzene rings is 2. The molecule has 0 spiro atoms. The number of aryl methyl sites for hydroxylation is 1. The summed E-state index contributed by atoms with van der Waals surface area (Å²) in [6, 6.07) is 16.0. The molecule has 0 unspecified atom stereocenters. The van der Waals surface area contributed by atoms with Crippen LogP contribution in [0.15, 0.2) is 48.5 Å². The van der Waals surface area contributed by atoms with E-state index >= 15 is 0 Å². The Labute approximate surface area is 161 Å². The van der Waals surface area contributed by atoms with Crippen LogP contribution >= 0.6 is 0 Å². The third kappa shape index (κ3) is 4.38. The molecule has 1 saturated heterocycles. The standard InChI is InChI=1S/C23H28N2O2/c1-4-16(3)18-8-10-20(11-9-18)24-23(27)19-14-22(26)25(15-19)21-12-6-17(5-2)7-13-21/h6-13,16,19H,4-5,14-15H2,1-3H3,(H,24,27)/t16-,19+/m1/s1. The van der Waals surface area contributed by atoms with E-state index in [-0.39, 0.29) is 24.2 Å². The molecular weight excluding hydrogens is 336 g/mol. The number of hydrogen-bond donors (Lipinski definition) is 1. The van der Waals surface area contributed by atoms with Crippen molar-refractivity contribution in [2.45, 2.75) is 46.0 Å². The molecule has 0 aliphatic carbocycles.